The van der Waals surface area contributed by atoms with E-state index in [1.165, 1.54) is 6.07 Å². The minimum atomic E-state index is -4.81. The number of aromatic nitrogens is 1. The molecule has 1 aliphatic rings. The summed E-state index contributed by atoms with van der Waals surface area (Å²) < 4.78 is 41.6. The van der Waals surface area contributed by atoms with E-state index < -0.39 is 22.9 Å². The van der Waals surface area contributed by atoms with Gasteiger partial charge in [-0.25, -0.2) is 0 Å². The minimum Gasteiger partial charge on any atom is -0.266 e. The quantitative estimate of drug-likeness (QED) is 0.717. The van der Waals surface area contributed by atoms with E-state index in [2.05, 4.69) is 5.10 Å². The van der Waals surface area contributed by atoms with Crippen molar-refractivity contribution in [2.75, 3.05) is 0 Å². The molecule has 1 unspecified atom stereocenters. The first-order chi connectivity index (χ1) is 13.2. The number of nitrogens with zero attached hydrogens (tertiary/aromatic N) is 3. The second kappa shape index (κ2) is 7.63. The summed E-state index contributed by atoms with van der Waals surface area (Å²) in [6.07, 6.45) is -1.24. The number of rotatable bonds is 2. The summed E-state index contributed by atoms with van der Waals surface area (Å²) >= 11 is 0. The Morgan fingerprint density at radius 2 is 1.96 bits per heavy atom. The fraction of sp³-hybridized carbons (Fsp3) is 0.381. The maximum atomic E-state index is 13.5. The molecule has 0 radical (unpaired) electrons. The molecule has 4 nitrogen and oxygen atoms in total. The lowest BCUT2D eigenvalue weighted by molar-refractivity contribution is -0.137. The maximum absolute atomic E-state index is 13.5. The van der Waals surface area contributed by atoms with E-state index in [1.54, 1.807) is 31.2 Å². The molecular weight excluding hydrogens is 367 g/mol. The Kier molecular flexibility index (Phi) is 5.41. The highest BCUT2D eigenvalue weighted by atomic mass is 19.4. The molecule has 1 saturated carbocycles. The predicted octanol–water partition coefficient (Wildman–Crippen LogP) is 5.13. The van der Waals surface area contributed by atoms with Crippen molar-refractivity contribution in [2.24, 2.45) is 11.0 Å². The zero-order chi connectivity index (χ0) is 20.5. The van der Waals surface area contributed by atoms with Crippen molar-refractivity contribution < 1.29 is 13.2 Å². The lowest BCUT2D eigenvalue weighted by Gasteiger charge is -2.22. The van der Waals surface area contributed by atoms with Gasteiger partial charge < -0.3 is 0 Å². The molecule has 1 aromatic carbocycles. The fourth-order valence-electron chi connectivity index (χ4n) is 3.53. The molecule has 1 aliphatic carbocycles. The summed E-state index contributed by atoms with van der Waals surface area (Å²) in [6, 6.07) is 9.16. The van der Waals surface area contributed by atoms with E-state index in [1.807, 2.05) is 6.92 Å². The summed E-state index contributed by atoms with van der Waals surface area (Å²) in [6.45, 7) is 3.75. The van der Waals surface area contributed by atoms with Gasteiger partial charge in [0.2, 0.25) is 0 Å². The highest BCUT2D eigenvalue weighted by molar-refractivity contribution is 5.87. The van der Waals surface area contributed by atoms with Crippen LogP contribution in [0.4, 0.5) is 13.2 Å². The van der Waals surface area contributed by atoms with Crippen LogP contribution in [-0.2, 0) is 6.18 Å². The van der Waals surface area contributed by atoms with Crippen LogP contribution >= 0.6 is 0 Å². The molecule has 7 heteroatoms. The van der Waals surface area contributed by atoms with Crippen molar-refractivity contribution in [1.82, 2.24) is 4.68 Å². The Balaban J connectivity index is 2.37. The van der Waals surface area contributed by atoms with Crippen LogP contribution in [0.2, 0.25) is 0 Å². The van der Waals surface area contributed by atoms with E-state index in [9.17, 15) is 23.2 Å². The highest BCUT2D eigenvalue weighted by Gasteiger charge is 2.37. The average Bonchev–Trinajstić information content (AvgIpc) is 2.64. The van der Waals surface area contributed by atoms with Crippen LogP contribution in [0.25, 0.3) is 11.3 Å². The monoisotopic (exact) mass is 387 g/mol. The molecule has 0 aliphatic heterocycles. The van der Waals surface area contributed by atoms with Crippen molar-refractivity contribution in [3.63, 3.8) is 0 Å². The number of alkyl halides is 3. The largest absolute Gasteiger partial charge is 0.417 e. The normalized spacial score (nSPS) is 18.9. The van der Waals surface area contributed by atoms with Crippen LogP contribution in [0.3, 0.4) is 0 Å². The van der Waals surface area contributed by atoms with Crippen LogP contribution in [0, 0.1) is 24.2 Å². The molecule has 0 amide bonds. The first-order valence-electron chi connectivity index (χ1n) is 9.15. The van der Waals surface area contributed by atoms with Crippen LogP contribution in [0.1, 0.15) is 49.3 Å². The van der Waals surface area contributed by atoms with Crippen molar-refractivity contribution >= 4 is 5.71 Å². The number of hydrogen-bond donors (Lipinski definition) is 0. The summed E-state index contributed by atoms with van der Waals surface area (Å²) in [7, 11) is 0. The van der Waals surface area contributed by atoms with Gasteiger partial charge in [-0.3, -0.25) is 4.79 Å². The van der Waals surface area contributed by atoms with Crippen molar-refractivity contribution in [2.45, 2.75) is 45.7 Å². The first-order valence-corrected chi connectivity index (χ1v) is 9.15. The lowest BCUT2D eigenvalue weighted by Crippen LogP contribution is -2.28. The Bertz CT molecular complexity index is 1030. The number of aryl methyl sites for hydroxylation is 1. The predicted molar refractivity (Wildman–Crippen MR) is 101 cm³/mol. The Morgan fingerprint density at radius 1 is 1.25 bits per heavy atom. The average molecular weight is 387 g/mol. The van der Waals surface area contributed by atoms with Gasteiger partial charge >= 0.3 is 6.18 Å². The zero-order valence-electron chi connectivity index (χ0n) is 15.7. The van der Waals surface area contributed by atoms with Crippen LogP contribution < -0.4 is 5.56 Å². The smallest absolute Gasteiger partial charge is 0.266 e. The van der Waals surface area contributed by atoms with Gasteiger partial charge in [-0.15, -0.1) is 0 Å². The summed E-state index contributed by atoms with van der Waals surface area (Å²) in [4.78, 5) is 12.9. The molecular formula is C21H20F3N3O. The lowest BCUT2D eigenvalue weighted by atomic mass is 9.89. The number of hydrogen-bond acceptors (Lipinski definition) is 3. The third-order valence-electron chi connectivity index (χ3n) is 5.14. The third kappa shape index (κ3) is 3.72. The third-order valence-corrected chi connectivity index (χ3v) is 5.14. The van der Waals surface area contributed by atoms with Gasteiger partial charge in [0.1, 0.15) is 11.6 Å². The van der Waals surface area contributed by atoms with Crippen LogP contribution in [0.5, 0.6) is 0 Å². The van der Waals surface area contributed by atoms with Crippen molar-refractivity contribution in [3.8, 4) is 17.3 Å². The molecule has 0 bridgehead atoms. The molecule has 2 aromatic rings. The van der Waals surface area contributed by atoms with E-state index in [-0.39, 0.29) is 11.6 Å². The Hall–Kier alpha value is -2.88. The van der Waals surface area contributed by atoms with Gasteiger partial charge in [0.25, 0.3) is 5.56 Å². The second-order valence-electron chi connectivity index (χ2n) is 7.10. The van der Waals surface area contributed by atoms with Gasteiger partial charge in [0, 0.05) is 11.3 Å². The van der Waals surface area contributed by atoms with Gasteiger partial charge in [0.15, 0.2) is 0 Å². The van der Waals surface area contributed by atoms with Crippen LogP contribution in [-0.4, -0.2) is 10.4 Å². The summed E-state index contributed by atoms with van der Waals surface area (Å²) in [5.74, 6) is 0.137. The maximum Gasteiger partial charge on any atom is 0.417 e. The van der Waals surface area contributed by atoms with Gasteiger partial charge in [-0.05, 0) is 43.7 Å². The van der Waals surface area contributed by atoms with E-state index in [0.717, 1.165) is 35.7 Å². The number of pyridine rings is 1. The Morgan fingerprint density at radius 3 is 2.57 bits per heavy atom. The number of halogens is 3. The first kappa shape index (κ1) is 19.9. The highest BCUT2D eigenvalue weighted by Crippen LogP contribution is 2.34. The van der Waals surface area contributed by atoms with Crippen molar-refractivity contribution in [1.29, 1.82) is 5.26 Å². The summed E-state index contributed by atoms with van der Waals surface area (Å²) in [5.41, 5.74) is -1.20. The SMILES string of the molecule is Cc1ccccc1-c1cc(C(F)(F)F)c(C#N)c(=O)n1/N=C1\CCCCC1C. The number of benzene rings is 1. The molecule has 28 heavy (non-hydrogen) atoms. The van der Waals surface area contributed by atoms with E-state index in [4.69, 9.17) is 0 Å². The molecule has 0 N–H and O–H groups in total. The minimum absolute atomic E-state index is 0.0414. The topological polar surface area (TPSA) is 58.1 Å². The van der Waals surface area contributed by atoms with Gasteiger partial charge in [0.05, 0.1) is 11.3 Å². The van der Waals surface area contributed by atoms with Gasteiger partial charge in [-0.2, -0.15) is 28.2 Å². The Labute approximate surface area is 160 Å². The van der Waals surface area contributed by atoms with Gasteiger partial charge in [-0.1, -0.05) is 37.6 Å². The standard InChI is InChI=1S/C21H20F3N3O/c1-13-7-3-5-9-15(13)19-11-17(21(22,23)24)16(12-25)20(28)27(19)26-18-10-6-4-8-14(18)2/h3,5,7,9,11,14H,4,6,8,10H2,1-2H3/b26-18+. The summed E-state index contributed by atoms with van der Waals surface area (Å²) in [5, 5.41) is 13.7. The second-order valence-corrected chi connectivity index (χ2v) is 7.10. The van der Waals surface area contributed by atoms with Crippen molar-refractivity contribution in [3.05, 3.63) is 57.4 Å². The molecule has 1 heterocycles. The molecule has 0 saturated heterocycles. The molecule has 0 spiro atoms. The number of nitriles is 1. The molecule has 1 atom stereocenters. The molecule has 146 valence electrons. The van der Waals surface area contributed by atoms with E-state index >= 15 is 0 Å². The van der Waals surface area contributed by atoms with Crippen LogP contribution in [0.15, 0.2) is 40.2 Å². The molecule has 3 rings (SSSR count). The zero-order valence-corrected chi connectivity index (χ0v) is 15.7. The fourth-order valence-corrected chi connectivity index (χ4v) is 3.53. The molecule has 1 aromatic heterocycles. The van der Waals surface area contributed by atoms with E-state index in [0.29, 0.717) is 17.5 Å². The molecule has 1 fully saturated rings.